The van der Waals surface area contributed by atoms with Crippen molar-refractivity contribution in [3.63, 3.8) is 0 Å². The Hall–Kier alpha value is -5.49. The maximum Gasteiger partial charge on any atom is 0.243 e. The van der Waals surface area contributed by atoms with Crippen molar-refractivity contribution >= 4 is 35.0 Å². The molecule has 1 saturated carbocycles. The normalized spacial score (nSPS) is 17.4. The minimum Gasteiger partial charge on any atom is -0.489 e. The van der Waals surface area contributed by atoms with Gasteiger partial charge in [-0.25, -0.2) is 0 Å². The van der Waals surface area contributed by atoms with E-state index in [4.69, 9.17) is 42.7 Å². The Kier molecular flexibility index (Phi) is 10.7. The molecule has 1 aliphatic carbocycles. The predicted molar refractivity (Wildman–Crippen MR) is 211 cm³/mol. The number of rotatable bonds is 10. The van der Waals surface area contributed by atoms with Gasteiger partial charge in [0.1, 0.15) is 25.0 Å². The number of hydrogen-bond acceptors (Lipinski definition) is 6. The van der Waals surface area contributed by atoms with Crippen LogP contribution in [-0.4, -0.2) is 35.9 Å². The van der Waals surface area contributed by atoms with E-state index in [1.54, 1.807) is 17.0 Å². The van der Waals surface area contributed by atoms with Crippen LogP contribution in [0.5, 0.6) is 17.2 Å². The van der Waals surface area contributed by atoms with E-state index in [-0.39, 0.29) is 23.8 Å². The van der Waals surface area contributed by atoms with E-state index in [0.717, 1.165) is 58.2 Å². The first kappa shape index (κ1) is 36.5. The third-order valence-electron chi connectivity index (χ3n) is 10.8. The molecular weight excluding hydrogens is 733 g/mol. The number of carbonyl (C=O) groups is 2. The van der Waals surface area contributed by atoms with Crippen LogP contribution in [0.1, 0.15) is 58.7 Å². The second-order valence-corrected chi connectivity index (χ2v) is 15.1. The van der Waals surface area contributed by atoms with Gasteiger partial charge in [0.15, 0.2) is 17.6 Å². The summed E-state index contributed by atoms with van der Waals surface area (Å²) in [6.45, 7) is 1.49. The van der Waals surface area contributed by atoms with Crippen molar-refractivity contribution in [1.29, 1.82) is 5.26 Å². The monoisotopic (exact) mass is 771 g/mol. The Labute approximate surface area is 330 Å². The van der Waals surface area contributed by atoms with Gasteiger partial charge in [-0.05, 0) is 107 Å². The first-order valence-corrected chi connectivity index (χ1v) is 19.4. The van der Waals surface area contributed by atoms with Gasteiger partial charge in [0.2, 0.25) is 11.8 Å². The minimum absolute atomic E-state index is 0.0380. The van der Waals surface area contributed by atoms with E-state index < -0.39 is 6.04 Å². The zero-order valence-corrected chi connectivity index (χ0v) is 31.6. The summed E-state index contributed by atoms with van der Waals surface area (Å²) in [4.78, 5) is 29.3. The fourth-order valence-electron chi connectivity index (χ4n) is 7.29. The molecule has 0 bridgehead atoms. The highest BCUT2D eigenvalue weighted by molar-refractivity contribution is 6.42. The topological polar surface area (TPSA) is 101 Å². The Balaban J connectivity index is 0.907. The summed E-state index contributed by atoms with van der Waals surface area (Å²) in [7, 11) is 0. The second-order valence-electron chi connectivity index (χ2n) is 14.3. The van der Waals surface area contributed by atoms with Crippen LogP contribution in [0.2, 0.25) is 10.0 Å². The molecule has 0 spiro atoms. The van der Waals surface area contributed by atoms with E-state index >= 15 is 0 Å². The Bertz CT molecular complexity index is 2250. The molecule has 5 aromatic carbocycles. The van der Waals surface area contributed by atoms with Crippen LogP contribution < -0.4 is 19.5 Å². The van der Waals surface area contributed by atoms with E-state index in [1.807, 2.05) is 66.7 Å². The van der Waals surface area contributed by atoms with Crippen LogP contribution in [0, 0.1) is 17.2 Å². The number of amides is 2. The lowest BCUT2D eigenvalue weighted by molar-refractivity contribution is -0.147. The molecule has 8 nitrogen and oxygen atoms in total. The van der Waals surface area contributed by atoms with Gasteiger partial charge in [0, 0.05) is 25.4 Å². The molecule has 2 aliphatic heterocycles. The van der Waals surface area contributed by atoms with Gasteiger partial charge in [-0.3, -0.25) is 9.59 Å². The molecular formula is C45H39Cl2N3O5. The van der Waals surface area contributed by atoms with Gasteiger partial charge in [-0.2, -0.15) is 5.26 Å². The number of fused-ring (bicyclic) bond motifs is 2. The van der Waals surface area contributed by atoms with Crippen LogP contribution in [0.25, 0.3) is 11.1 Å². The van der Waals surface area contributed by atoms with Gasteiger partial charge in [0.05, 0.1) is 21.7 Å². The number of halogens is 2. The smallest absolute Gasteiger partial charge is 0.243 e. The standard InChI is InChI=1S/C45H39Cl2N3O5/c46-38-17-8-30(20-39(38)47)26-53-37-15-13-33(14-16-37)43-27-54-41-22-35-21-40(50(45(52)34-2-1-3-34)25-36(35)23-42(41)55-43)44(51)49-19-18-28-4-9-31(10-5-28)32-11-6-29(24-48)7-12-32/h4-17,20,22-23,34,40,43H,1-3,18-19,21,25-27H2,(H,49,51). The predicted octanol–water partition coefficient (Wildman–Crippen LogP) is 9.04. The van der Waals surface area contributed by atoms with Crippen LogP contribution in [0.15, 0.2) is 103 Å². The molecule has 1 N–H and O–H groups in total. The third kappa shape index (κ3) is 8.14. The third-order valence-corrected chi connectivity index (χ3v) is 11.5. The minimum atomic E-state index is -0.605. The van der Waals surface area contributed by atoms with Crippen molar-refractivity contribution in [3.8, 4) is 34.4 Å². The maximum atomic E-state index is 13.8. The van der Waals surface area contributed by atoms with Crippen LogP contribution in [-0.2, 0) is 35.6 Å². The summed E-state index contributed by atoms with van der Waals surface area (Å²) in [6.07, 6.45) is 3.49. The van der Waals surface area contributed by atoms with E-state index in [0.29, 0.717) is 72.0 Å². The molecule has 1 fully saturated rings. The van der Waals surface area contributed by atoms with Crippen molar-refractivity contribution in [2.75, 3.05) is 13.2 Å². The van der Waals surface area contributed by atoms with Gasteiger partial charge >= 0.3 is 0 Å². The second kappa shape index (κ2) is 16.1. The number of hydrogen-bond donors (Lipinski definition) is 1. The summed E-state index contributed by atoms with van der Waals surface area (Å²) in [5.41, 5.74) is 7.65. The molecule has 2 atom stereocenters. The lowest BCUT2D eigenvalue weighted by Gasteiger charge is -2.40. The van der Waals surface area contributed by atoms with Crippen molar-refractivity contribution in [2.24, 2.45) is 5.92 Å². The molecule has 0 radical (unpaired) electrons. The van der Waals surface area contributed by atoms with Gasteiger partial charge in [-0.15, -0.1) is 0 Å². The average Bonchev–Trinajstić information content (AvgIpc) is 3.19. The molecule has 8 rings (SSSR count). The molecule has 2 unspecified atom stereocenters. The van der Waals surface area contributed by atoms with Gasteiger partial charge in [-0.1, -0.05) is 84.2 Å². The van der Waals surface area contributed by atoms with Crippen LogP contribution in [0.3, 0.4) is 0 Å². The Morgan fingerprint density at radius 1 is 0.836 bits per heavy atom. The highest BCUT2D eigenvalue weighted by Crippen LogP contribution is 2.42. The average molecular weight is 773 g/mol. The number of carbonyl (C=O) groups excluding carboxylic acids is 2. The number of ether oxygens (including phenoxy) is 3. The number of nitrogens with zero attached hydrogens (tertiary/aromatic N) is 2. The zero-order chi connectivity index (χ0) is 37.9. The van der Waals surface area contributed by atoms with Crippen LogP contribution >= 0.6 is 23.2 Å². The fraction of sp³-hybridized carbons (Fsp3) is 0.267. The molecule has 0 aromatic heterocycles. The Morgan fingerprint density at radius 3 is 2.24 bits per heavy atom. The largest absolute Gasteiger partial charge is 0.489 e. The van der Waals surface area contributed by atoms with Gasteiger partial charge in [0.25, 0.3) is 0 Å². The Morgan fingerprint density at radius 2 is 1.55 bits per heavy atom. The quantitative estimate of drug-likeness (QED) is 0.152. The van der Waals surface area contributed by atoms with Crippen LogP contribution in [0.4, 0.5) is 0 Å². The first-order valence-electron chi connectivity index (χ1n) is 18.6. The van der Waals surface area contributed by atoms with Crippen molar-refractivity contribution < 1.29 is 23.8 Å². The fourth-order valence-corrected chi connectivity index (χ4v) is 7.62. The van der Waals surface area contributed by atoms with E-state index in [9.17, 15) is 9.59 Å². The number of benzene rings is 5. The zero-order valence-electron chi connectivity index (χ0n) is 30.1. The lowest BCUT2D eigenvalue weighted by Crippen LogP contribution is -2.54. The van der Waals surface area contributed by atoms with Crippen molar-refractivity contribution in [1.82, 2.24) is 10.2 Å². The SMILES string of the molecule is N#Cc1ccc(-c2ccc(CCNC(=O)C3Cc4cc5c(cc4CN3C(=O)C3CCC3)OC(c3ccc(OCc4ccc(Cl)c(Cl)c4)cc3)CO5)cc2)cc1. The maximum absolute atomic E-state index is 13.8. The highest BCUT2D eigenvalue weighted by Gasteiger charge is 2.40. The summed E-state index contributed by atoms with van der Waals surface area (Å²) >= 11 is 12.2. The molecule has 5 aromatic rings. The molecule has 55 heavy (non-hydrogen) atoms. The molecule has 2 heterocycles. The van der Waals surface area contributed by atoms with Gasteiger partial charge < -0.3 is 24.4 Å². The van der Waals surface area contributed by atoms with E-state index in [2.05, 4.69) is 35.7 Å². The highest BCUT2D eigenvalue weighted by atomic mass is 35.5. The summed E-state index contributed by atoms with van der Waals surface area (Å²) < 4.78 is 18.7. The molecule has 0 saturated heterocycles. The van der Waals surface area contributed by atoms with Crippen molar-refractivity contribution in [3.05, 3.63) is 147 Å². The summed E-state index contributed by atoms with van der Waals surface area (Å²) in [5, 5.41) is 13.2. The molecule has 10 heteroatoms. The molecule has 278 valence electrons. The summed E-state index contributed by atoms with van der Waals surface area (Å²) in [5.74, 6) is 1.84. The lowest BCUT2D eigenvalue weighted by atomic mass is 9.82. The molecule has 3 aliphatic rings. The first-order chi connectivity index (χ1) is 26.8. The van der Waals surface area contributed by atoms with Crippen molar-refractivity contribution in [2.45, 2.75) is 57.4 Å². The number of nitrogens with one attached hydrogen (secondary N) is 1. The number of nitriles is 1. The van der Waals surface area contributed by atoms with E-state index in [1.165, 1.54) is 0 Å². The summed E-state index contributed by atoms with van der Waals surface area (Å²) in [6, 6.07) is 34.4. The molecule has 2 amide bonds.